The number of sulfonamides is 1. The van der Waals surface area contributed by atoms with Crippen LogP contribution in [-0.2, 0) is 10.0 Å². The molecule has 0 spiro atoms. The van der Waals surface area contributed by atoms with Crippen LogP contribution < -0.4 is 10.5 Å². The molecule has 9 heteroatoms. The molecule has 0 atom stereocenters. The highest BCUT2D eigenvalue weighted by atomic mass is 32.2. The monoisotopic (exact) mass is 317 g/mol. The molecule has 1 heterocycles. The maximum Gasteiger partial charge on any atom is 0.389 e. The number of hydrogen-bond donors (Lipinski definition) is 2. The van der Waals surface area contributed by atoms with Gasteiger partial charge in [0.05, 0.1) is 5.75 Å². The summed E-state index contributed by atoms with van der Waals surface area (Å²) in [6.07, 6.45) is -4.71. The van der Waals surface area contributed by atoms with Crippen LogP contribution in [0.1, 0.15) is 25.7 Å². The number of rotatable bonds is 6. The lowest BCUT2D eigenvalue weighted by molar-refractivity contribution is -0.134. The van der Waals surface area contributed by atoms with Gasteiger partial charge in [-0.25, -0.2) is 13.1 Å². The van der Waals surface area contributed by atoms with Gasteiger partial charge in [0.25, 0.3) is 0 Å². The van der Waals surface area contributed by atoms with Gasteiger partial charge in [0, 0.05) is 18.5 Å². The third-order valence-corrected chi connectivity index (χ3v) is 5.15. The third-order valence-electron chi connectivity index (χ3n) is 3.58. The smallest absolute Gasteiger partial charge is 0.329 e. The Morgan fingerprint density at radius 3 is 2.30 bits per heavy atom. The number of nitrogens with two attached hydrogens (primary N) is 1. The van der Waals surface area contributed by atoms with Crippen molar-refractivity contribution in [1.82, 2.24) is 9.62 Å². The zero-order valence-corrected chi connectivity index (χ0v) is 12.4. The van der Waals surface area contributed by atoms with E-state index in [1.165, 1.54) is 0 Å². The molecule has 1 aliphatic heterocycles. The lowest BCUT2D eigenvalue weighted by Gasteiger charge is -2.40. The second-order valence-electron chi connectivity index (χ2n) is 5.43. The first kappa shape index (κ1) is 17.7. The van der Waals surface area contributed by atoms with Crippen LogP contribution in [0.15, 0.2) is 0 Å². The highest BCUT2D eigenvalue weighted by molar-refractivity contribution is 7.89. The molecule has 1 fully saturated rings. The van der Waals surface area contributed by atoms with E-state index in [0.29, 0.717) is 25.9 Å². The van der Waals surface area contributed by atoms with Crippen molar-refractivity contribution in [2.24, 2.45) is 5.73 Å². The second-order valence-corrected chi connectivity index (χ2v) is 7.27. The van der Waals surface area contributed by atoms with Crippen LogP contribution in [0, 0.1) is 0 Å². The Morgan fingerprint density at radius 2 is 1.85 bits per heavy atom. The number of nitrogens with one attached hydrogen (secondary N) is 1. The van der Waals surface area contributed by atoms with E-state index in [1.54, 1.807) is 0 Å². The maximum atomic E-state index is 12.0. The molecule has 0 saturated carbocycles. The van der Waals surface area contributed by atoms with Gasteiger partial charge in [0.2, 0.25) is 10.0 Å². The van der Waals surface area contributed by atoms with Crippen molar-refractivity contribution in [2.45, 2.75) is 37.4 Å². The Morgan fingerprint density at radius 1 is 1.30 bits per heavy atom. The molecular weight excluding hydrogens is 295 g/mol. The number of alkyl halides is 3. The largest absolute Gasteiger partial charge is 0.389 e. The molecule has 0 aromatic rings. The van der Waals surface area contributed by atoms with Gasteiger partial charge in [-0.3, -0.25) is 0 Å². The average molecular weight is 317 g/mol. The Labute approximate surface area is 117 Å². The predicted octanol–water partition coefficient (Wildman–Crippen LogP) is 0.671. The molecule has 0 amide bonds. The first-order chi connectivity index (χ1) is 9.08. The number of likely N-dealkylation sites (tertiary alicyclic amines) is 1. The van der Waals surface area contributed by atoms with Crippen LogP contribution in [0.3, 0.4) is 0 Å². The lowest BCUT2D eigenvalue weighted by Crippen LogP contribution is -2.59. The standard InChI is InChI=1S/C11H22F3N3O2S/c1-17-6-4-10(9-15,5-7-17)16-20(18,19)8-2-3-11(12,13)14/h16H,2-9,15H2,1H3. The number of nitrogens with zero attached hydrogens (tertiary/aromatic N) is 1. The molecular formula is C11H22F3N3O2S. The van der Waals surface area contributed by atoms with E-state index in [0.717, 1.165) is 0 Å². The molecule has 5 nitrogen and oxygen atoms in total. The van der Waals surface area contributed by atoms with Gasteiger partial charge < -0.3 is 10.6 Å². The molecule has 0 radical (unpaired) electrons. The molecule has 120 valence electrons. The topological polar surface area (TPSA) is 75.4 Å². The molecule has 3 N–H and O–H groups in total. The van der Waals surface area contributed by atoms with Gasteiger partial charge in [-0.05, 0) is 39.4 Å². The molecule has 0 aromatic carbocycles. The van der Waals surface area contributed by atoms with E-state index in [-0.39, 0.29) is 6.54 Å². The molecule has 0 aromatic heterocycles. The van der Waals surface area contributed by atoms with Crippen molar-refractivity contribution in [2.75, 3.05) is 32.4 Å². The predicted molar refractivity (Wildman–Crippen MR) is 70.7 cm³/mol. The zero-order valence-electron chi connectivity index (χ0n) is 11.5. The molecule has 0 unspecified atom stereocenters. The number of hydrogen-bond acceptors (Lipinski definition) is 4. The van der Waals surface area contributed by atoms with Crippen LogP contribution in [0.2, 0.25) is 0 Å². The Balaban J connectivity index is 2.55. The summed E-state index contributed by atoms with van der Waals surface area (Å²) in [7, 11) is -1.81. The SMILES string of the molecule is CN1CCC(CN)(NS(=O)(=O)CCCC(F)(F)F)CC1. The van der Waals surface area contributed by atoms with E-state index in [9.17, 15) is 21.6 Å². The van der Waals surface area contributed by atoms with E-state index in [1.807, 2.05) is 7.05 Å². The quantitative estimate of drug-likeness (QED) is 0.755. The Kier molecular flexibility index (Phi) is 5.82. The summed E-state index contributed by atoms with van der Waals surface area (Å²) in [4.78, 5) is 2.06. The molecule has 1 aliphatic rings. The van der Waals surface area contributed by atoms with Crippen molar-refractivity contribution < 1.29 is 21.6 Å². The highest BCUT2D eigenvalue weighted by Crippen LogP contribution is 2.24. The summed E-state index contributed by atoms with van der Waals surface area (Å²) in [5.74, 6) is -0.524. The number of halogens is 3. The van der Waals surface area contributed by atoms with E-state index in [2.05, 4.69) is 9.62 Å². The molecule has 1 rings (SSSR count). The fourth-order valence-electron chi connectivity index (χ4n) is 2.24. The molecule has 0 aliphatic carbocycles. The van der Waals surface area contributed by atoms with Gasteiger partial charge in [-0.2, -0.15) is 13.2 Å². The first-order valence-electron chi connectivity index (χ1n) is 6.55. The average Bonchev–Trinajstić information content (AvgIpc) is 2.30. The fraction of sp³-hybridized carbons (Fsp3) is 1.00. The lowest BCUT2D eigenvalue weighted by atomic mass is 9.89. The highest BCUT2D eigenvalue weighted by Gasteiger charge is 2.36. The maximum absolute atomic E-state index is 12.0. The minimum absolute atomic E-state index is 0.152. The Hall–Kier alpha value is -0.380. The zero-order chi connectivity index (χ0) is 15.4. The summed E-state index contributed by atoms with van der Waals surface area (Å²) < 4.78 is 62.4. The number of piperidine rings is 1. The minimum atomic E-state index is -4.32. The van der Waals surface area contributed by atoms with E-state index >= 15 is 0 Å². The van der Waals surface area contributed by atoms with Crippen LogP contribution >= 0.6 is 0 Å². The van der Waals surface area contributed by atoms with Crippen molar-refractivity contribution in [3.8, 4) is 0 Å². The van der Waals surface area contributed by atoms with Gasteiger partial charge in [-0.1, -0.05) is 0 Å². The summed E-state index contributed by atoms with van der Waals surface area (Å²) in [5, 5.41) is 0. The van der Waals surface area contributed by atoms with Gasteiger partial charge in [0.15, 0.2) is 0 Å². The second kappa shape index (κ2) is 6.59. The molecule has 1 saturated heterocycles. The molecule has 0 bridgehead atoms. The Bertz CT molecular complexity index is 404. The van der Waals surface area contributed by atoms with Crippen LogP contribution in [-0.4, -0.2) is 57.5 Å². The first-order valence-corrected chi connectivity index (χ1v) is 8.20. The van der Waals surface area contributed by atoms with Crippen LogP contribution in [0.5, 0.6) is 0 Å². The van der Waals surface area contributed by atoms with Gasteiger partial charge in [-0.15, -0.1) is 0 Å². The van der Waals surface area contributed by atoms with Crippen LogP contribution in [0.25, 0.3) is 0 Å². The summed E-state index contributed by atoms with van der Waals surface area (Å²) in [6, 6.07) is 0. The van der Waals surface area contributed by atoms with Crippen molar-refractivity contribution in [1.29, 1.82) is 0 Å². The summed E-state index contributed by atoms with van der Waals surface area (Å²) in [6.45, 7) is 1.57. The summed E-state index contributed by atoms with van der Waals surface area (Å²) >= 11 is 0. The van der Waals surface area contributed by atoms with Crippen molar-refractivity contribution in [3.05, 3.63) is 0 Å². The van der Waals surface area contributed by atoms with Gasteiger partial charge in [0.1, 0.15) is 0 Å². The van der Waals surface area contributed by atoms with E-state index in [4.69, 9.17) is 5.73 Å². The van der Waals surface area contributed by atoms with Crippen LogP contribution in [0.4, 0.5) is 13.2 Å². The van der Waals surface area contributed by atoms with Gasteiger partial charge >= 0.3 is 6.18 Å². The summed E-state index contributed by atoms with van der Waals surface area (Å²) in [5.41, 5.74) is 4.94. The molecule has 20 heavy (non-hydrogen) atoms. The van der Waals surface area contributed by atoms with Crippen molar-refractivity contribution >= 4 is 10.0 Å². The van der Waals surface area contributed by atoms with Crippen molar-refractivity contribution in [3.63, 3.8) is 0 Å². The normalized spacial score (nSPS) is 21.1. The van der Waals surface area contributed by atoms with E-state index < -0.39 is 40.3 Å². The fourth-order valence-corrected chi connectivity index (χ4v) is 3.81. The minimum Gasteiger partial charge on any atom is -0.329 e. The third kappa shape index (κ3) is 5.94.